The minimum atomic E-state index is -2.86. The van der Waals surface area contributed by atoms with Gasteiger partial charge in [0.1, 0.15) is 0 Å². The van der Waals surface area contributed by atoms with Crippen molar-refractivity contribution in [2.45, 2.75) is 32.7 Å². The summed E-state index contributed by atoms with van der Waals surface area (Å²) in [5.74, 6) is -2.86. The lowest BCUT2D eigenvalue weighted by Crippen LogP contribution is -2.18. The first-order valence-corrected chi connectivity index (χ1v) is 8.12. The molecular formula is C21H24F2N2. The number of halogens is 2. The average molecular weight is 342 g/mol. The van der Waals surface area contributed by atoms with E-state index < -0.39 is 5.92 Å². The first kappa shape index (κ1) is 18.7. The maximum Gasteiger partial charge on any atom is 0.270 e. The van der Waals surface area contributed by atoms with Crippen LogP contribution in [0.1, 0.15) is 31.4 Å². The third-order valence-corrected chi connectivity index (χ3v) is 4.05. The van der Waals surface area contributed by atoms with Crippen molar-refractivity contribution < 1.29 is 8.78 Å². The highest BCUT2D eigenvalue weighted by atomic mass is 19.3. The number of nitrogens with one attached hydrogen (secondary N) is 1. The van der Waals surface area contributed by atoms with Crippen LogP contribution in [0.15, 0.2) is 83.8 Å². The van der Waals surface area contributed by atoms with Gasteiger partial charge < -0.3 is 11.1 Å². The smallest absolute Gasteiger partial charge is 0.270 e. The molecule has 2 rings (SSSR count). The van der Waals surface area contributed by atoms with Crippen LogP contribution < -0.4 is 11.1 Å². The molecule has 132 valence electrons. The van der Waals surface area contributed by atoms with Crippen molar-refractivity contribution in [2.75, 3.05) is 0 Å². The molecule has 3 N–H and O–H groups in total. The average Bonchev–Trinajstić information content (AvgIpc) is 3.06. The topological polar surface area (TPSA) is 38.0 Å². The number of allylic oxidation sites excluding steroid dienone is 5. The molecule has 4 heteroatoms. The molecule has 0 fully saturated rings. The Balaban J connectivity index is 2.15. The summed E-state index contributed by atoms with van der Waals surface area (Å²) in [7, 11) is 0. The predicted molar refractivity (Wildman–Crippen MR) is 99.9 cm³/mol. The molecule has 1 aliphatic rings. The fourth-order valence-corrected chi connectivity index (χ4v) is 2.71. The quantitative estimate of drug-likeness (QED) is 0.678. The van der Waals surface area contributed by atoms with Gasteiger partial charge in [0.05, 0.1) is 0 Å². The van der Waals surface area contributed by atoms with Gasteiger partial charge in [0.25, 0.3) is 5.92 Å². The van der Waals surface area contributed by atoms with E-state index in [9.17, 15) is 8.78 Å². The molecule has 0 amide bonds. The fourth-order valence-electron chi connectivity index (χ4n) is 2.71. The van der Waals surface area contributed by atoms with Crippen molar-refractivity contribution in [3.8, 4) is 0 Å². The highest BCUT2D eigenvalue weighted by molar-refractivity contribution is 5.53. The molecule has 0 heterocycles. The third kappa shape index (κ3) is 4.69. The van der Waals surface area contributed by atoms with Crippen LogP contribution in [0.3, 0.4) is 0 Å². The van der Waals surface area contributed by atoms with Crippen LogP contribution in [0.4, 0.5) is 8.78 Å². The summed E-state index contributed by atoms with van der Waals surface area (Å²) in [6.45, 7) is 11.2. The Labute approximate surface area is 148 Å². The van der Waals surface area contributed by atoms with Crippen molar-refractivity contribution in [1.29, 1.82) is 0 Å². The summed E-state index contributed by atoms with van der Waals surface area (Å²) in [5.41, 5.74) is 10.9. The maximum atomic E-state index is 13.5. The van der Waals surface area contributed by atoms with Crippen molar-refractivity contribution in [3.63, 3.8) is 0 Å². The Bertz CT molecular complexity index is 777. The van der Waals surface area contributed by atoms with Gasteiger partial charge in [-0.25, -0.2) is 8.78 Å². The molecule has 1 aromatic carbocycles. The standard InChI is InChI=1S/C21H24F2N2/c1-14(2)19(20(24)17-9-5-6-10-17)15(3)25-13-16-8-7-11-18(12-16)21(4,22)23/h5-9,11-12,25H,1,3,10,13,24H2,2,4H3/b20-19-. The van der Waals surface area contributed by atoms with Crippen molar-refractivity contribution in [1.82, 2.24) is 5.32 Å². The molecular weight excluding hydrogens is 318 g/mol. The summed E-state index contributed by atoms with van der Waals surface area (Å²) >= 11 is 0. The van der Waals surface area contributed by atoms with E-state index in [1.54, 1.807) is 12.1 Å². The van der Waals surface area contributed by atoms with Gasteiger partial charge >= 0.3 is 0 Å². The Morgan fingerprint density at radius 2 is 2.04 bits per heavy atom. The molecule has 2 nitrogen and oxygen atoms in total. The van der Waals surface area contributed by atoms with Gasteiger partial charge in [-0.2, -0.15) is 0 Å². The second-order valence-electron chi connectivity index (χ2n) is 6.31. The van der Waals surface area contributed by atoms with Crippen LogP contribution in [0.25, 0.3) is 0 Å². The van der Waals surface area contributed by atoms with Crippen LogP contribution in [0.5, 0.6) is 0 Å². The molecule has 0 saturated carbocycles. The van der Waals surface area contributed by atoms with Gasteiger partial charge in [0, 0.05) is 36.0 Å². The molecule has 0 saturated heterocycles. The van der Waals surface area contributed by atoms with Crippen LogP contribution in [-0.2, 0) is 12.5 Å². The molecule has 1 aromatic rings. The zero-order valence-electron chi connectivity index (χ0n) is 14.7. The summed E-state index contributed by atoms with van der Waals surface area (Å²) in [6, 6.07) is 6.35. The zero-order chi connectivity index (χ0) is 18.6. The summed E-state index contributed by atoms with van der Waals surface area (Å²) in [6.07, 6.45) is 6.75. The van der Waals surface area contributed by atoms with E-state index in [0.717, 1.165) is 35.6 Å². The molecule has 0 aliphatic heterocycles. The van der Waals surface area contributed by atoms with Crippen LogP contribution >= 0.6 is 0 Å². The molecule has 0 aromatic heterocycles. The third-order valence-electron chi connectivity index (χ3n) is 4.05. The summed E-state index contributed by atoms with van der Waals surface area (Å²) in [5, 5.41) is 3.18. The lowest BCUT2D eigenvalue weighted by Gasteiger charge is -2.18. The summed E-state index contributed by atoms with van der Waals surface area (Å²) < 4.78 is 26.9. The van der Waals surface area contributed by atoms with E-state index >= 15 is 0 Å². The Morgan fingerprint density at radius 1 is 1.32 bits per heavy atom. The lowest BCUT2D eigenvalue weighted by molar-refractivity contribution is 0.0174. The SMILES string of the molecule is C=C(C)/C(C(=C)NCc1cccc(C(C)(F)F)c1)=C(/N)C1=CC=CC1. The second kappa shape index (κ2) is 7.51. The largest absolute Gasteiger partial charge is 0.398 e. The normalized spacial score (nSPS) is 14.8. The van der Waals surface area contributed by atoms with Gasteiger partial charge in [-0.15, -0.1) is 0 Å². The lowest BCUT2D eigenvalue weighted by atomic mass is 9.98. The van der Waals surface area contributed by atoms with Gasteiger partial charge in [-0.3, -0.25) is 0 Å². The van der Waals surface area contributed by atoms with E-state index in [2.05, 4.69) is 18.5 Å². The number of hydrogen-bond acceptors (Lipinski definition) is 2. The number of nitrogens with two attached hydrogens (primary N) is 1. The van der Waals surface area contributed by atoms with Crippen LogP contribution in [0.2, 0.25) is 0 Å². The predicted octanol–water partition coefficient (Wildman–Crippen LogP) is 5.08. The van der Waals surface area contributed by atoms with Gasteiger partial charge in [-0.1, -0.05) is 49.6 Å². The molecule has 1 aliphatic carbocycles. The number of benzene rings is 1. The molecule has 0 spiro atoms. The van der Waals surface area contributed by atoms with E-state index in [0.29, 0.717) is 17.9 Å². The molecule has 0 unspecified atom stereocenters. The van der Waals surface area contributed by atoms with E-state index in [1.165, 1.54) is 12.1 Å². The highest BCUT2D eigenvalue weighted by Crippen LogP contribution is 2.28. The fraction of sp³-hybridized carbons (Fsp3) is 0.238. The Morgan fingerprint density at radius 3 is 2.60 bits per heavy atom. The second-order valence-corrected chi connectivity index (χ2v) is 6.31. The van der Waals surface area contributed by atoms with Crippen molar-refractivity contribution >= 4 is 0 Å². The van der Waals surface area contributed by atoms with Crippen molar-refractivity contribution in [2.24, 2.45) is 5.73 Å². The monoisotopic (exact) mass is 342 g/mol. The maximum absolute atomic E-state index is 13.5. The molecule has 0 bridgehead atoms. The zero-order valence-corrected chi connectivity index (χ0v) is 14.7. The number of rotatable bonds is 7. The molecule has 25 heavy (non-hydrogen) atoms. The van der Waals surface area contributed by atoms with E-state index in [1.807, 2.05) is 25.2 Å². The highest BCUT2D eigenvalue weighted by Gasteiger charge is 2.24. The Hall–Kier alpha value is -2.62. The van der Waals surface area contributed by atoms with Gasteiger partial charge in [0.2, 0.25) is 0 Å². The number of alkyl halides is 2. The van der Waals surface area contributed by atoms with Crippen LogP contribution in [0, 0.1) is 0 Å². The van der Waals surface area contributed by atoms with Gasteiger partial charge in [0.15, 0.2) is 0 Å². The molecule has 0 atom stereocenters. The summed E-state index contributed by atoms with van der Waals surface area (Å²) in [4.78, 5) is 0. The van der Waals surface area contributed by atoms with E-state index in [4.69, 9.17) is 5.73 Å². The first-order chi connectivity index (χ1) is 11.7. The number of hydrogen-bond donors (Lipinski definition) is 2. The minimum Gasteiger partial charge on any atom is -0.398 e. The van der Waals surface area contributed by atoms with Crippen molar-refractivity contribution in [3.05, 3.63) is 94.9 Å². The minimum absolute atomic E-state index is 0.00483. The van der Waals surface area contributed by atoms with Crippen LogP contribution in [-0.4, -0.2) is 0 Å². The first-order valence-electron chi connectivity index (χ1n) is 8.12. The van der Waals surface area contributed by atoms with Gasteiger partial charge in [-0.05, 0) is 36.1 Å². The molecule has 0 radical (unpaired) electrons. The Kier molecular flexibility index (Phi) is 5.62. The van der Waals surface area contributed by atoms with E-state index in [-0.39, 0.29) is 5.56 Å².